The van der Waals surface area contributed by atoms with Crippen LogP contribution in [0.2, 0.25) is 0 Å². The zero-order valence-electron chi connectivity index (χ0n) is 59.3. The van der Waals surface area contributed by atoms with Gasteiger partial charge < -0.3 is 20.1 Å². The van der Waals surface area contributed by atoms with Gasteiger partial charge in [0.05, 0.1) is 13.2 Å². The highest BCUT2D eigenvalue weighted by atomic mass is 31.2. The van der Waals surface area contributed by atoms with Gasteiger partial charge in [-0.25, -0.2) is 4.57 Å². The molecule has 0 aromatic heterocycles. The second-order valence-electron chi connectivity index (χ2n) is 27.3. The number of unbranched alkanes of at least 4 members (excludes halogenated alkanes) is 62. The molecule has 0 heterocycles. The van der Waals surface area contributed by atoms with Crippen molar-refractivity contribution in [1.82, 2.24) is 0 Å². The molecule has 0 aliphatic heterocycles. The third-order valence-corrected chi connectivity index (χ3v) is 19.4. The lowest BCUT2D eigenvalue weighted by Crippen LogP contribution is -2.29. The molecular formula is C78H154NO8P. The molecule has 88 heavy (non-hydrogen) atoms. The average molecular weight is 1270 g/mol. The largest absolute Gasteiger partial charge is 0.472 e. The van der Waals surface area contributed by atoms with Crippen molar-refractivity contribution in [3.05, 3.63) is 12.2 Å². The van der Waals surface area contributed by atoms with Gasteiger partial charge in [0.1, 0.15) is 6.61 Å². The molecule has 0 spiro atoms. The van der Waals surface area contributed by atoms with E-state index in [1.54, 1.807) is 0 Å². The van der Waals surface area contributed by atoms with Gasteiger partial charge in [0.25, 0.3) is 0 Å². The van der Waals surface area contributed by atoms with E-state index < -0.39 is 26.5 Å². The van der Waals surface area contributed by atoms with Gasteiger partial charge in [-0.2, -0.15) is 0 Å². The second-order valence-corrected chi connectivity index (χ2v) is 28.8. The van der Waals surface area contributed by atoms with Crippen molar-refractivity contribution in [1.29, 1.82) is 0 Å². The van der Waals surface area contributed by atoms with Gasteiger partial charge in [-0.05, 0) is 38.5 Å². The third-order valence-electron chi connectivity index (χ3n) is 18.4. The van der Waals surface area contributed by atoms with Gasteiger partial charge in [0.15, 0.2) is 6.10 Å². The molecular weight excluding hydrogens is 1110 g/mol. The van der Waals surface area contributed by atoms with E-state index in [1.165, 1.54) is 379 Å². The van der Waals surface area contributed by atoms with E-state index in [-0.39, 0.29) is 38.6 Å². The van der Waals surface area contributed by atoms with E-state index in [0.717, 1.165) is 32.1 Å². The summed E-state index contributed by atoms with van der Waals surface area (Å²) in [6, 6.07) is 0. The summed E-state index contributed by atoms with van der Waals surface area (Å²) in [5.74, 6) is -0.797. The van der Waals surface area contributed by atoms with Crippen LogP contribution >= 0.6 is 7.82 Å². The minimum absolute atomic E-state index is 0.0580. The first kappa shape index (κ1) is 86.8. The summed E-state index contributed by atoms with van der Waals surface area (Å²) in [5, 5.41) is 0. The van der Waals surface area contributed by atoms with E-state index in [2.05, 4.69) is 26.0 Å². The van der Waals surface area contributed by atoms with E-state index in [1.807, 2.05) is 0 Å². The van der Waals surface area contributed by atoms with Crippen molar-refractivity contribution in [2.24, 2.45) is 5.73 Å². The lowest BCUT2D eigenvalue weighted by Gasteiger charge is -2.19. The Hall–Kier alpha value is -1.25. The van der Waals surface area contributed by atoms with E-state index >= 15 is 0 Å². The van der Waals surface area contributed by atoms with Gasteiger partial charge in [-0.1, -0.05) is 405 Å². The van der Waals surface area contributed by atoms with Crippen LogP contribution in [0.15, 0.2) is 12.2 Å². The first-order valence-electron chi connectivity index (χ1n) is 39.7. The summed E-state index contributed by atoms with van der Waals surface area (Å²) < 4.78 is 33.3. The molecule has 0 radical (unpaired) electrons. The molecule has 10 heteroatoms. The summed E-state index contributed by atoms with van der Waals surface area (Å²) in [4.78, 5) is 35.4. The van der Waals surface area contributed by atoms with Crippen LogP contribution in [0.1, 0.15) is 444 Å². The van der Waals surface area contributed by atoms with Crippen molar-refractivity contribution >= 4 is 19.8 Å². The lowest BCUT2D eigenvalue weighted by molar-refractivity contribution is -0.161. The quantitative estimate of drug-likeness (QED) is 0.0264. The number of esters is 2. The lowest BCUT2D eigenvalue weighted by atomic mass is 10.0. The molecule has 0 aliphatic carbocycles. The normalized spacial score (nSPS) is 12.8. The summed E-state index contributed by atoms with van der Waals surface area (Å²) in [7, 11) is -4.39. The predicted octanol–water partition coefficient (Wildman–Crippen LogP) is 26.3. The van der Waals surface area contributed by atoms with Crippen LogP contribution < -0.4 is 5.73 Å². The molecule has 9 nitrogen and oxygen atoms in total. The Balaban J connectivity index is 3.73. The average Bonchev–Trinajstić information content (AvgIpc) is 3.71. The Bertz CT molecular complexity index is 1450. The number of rotatable bonds is 77. The van der Waals surface area contributed by atoms with Gasteiger partial charge in [-0.15, -0.1) is 0 Å². The number of ether oxygens (including phenoxy) is 2. The molecule has 0 aliphatic rings. The van der Waals surface area contributed by atoms with Gasteiger partial charge in [0.2, 0.25) is 0 Å². The number of phosphoric ester groups is 1. The Labute approximate surface area is 549 Å². The molecule has 2 unspecified atom stereocenters. The zero-order chi connectivity index (χ0) is 63.7. The Morgan fingerprint density at radius 1 is 0.330 bits per heavy atom. The van der Waals surface area contributed by atoms with Crippen molar-refractivity contribution < 1.29 is 37.6 Å². The fraction of sp³-hybridized carbons (Fsp3) is 0.949. The maximum absolute atomic E-state index is 12.8. The molecule has 3 N–H and O–H groups in total. The van der Waals surface area contributed by atoms with Crippen molar-refractivity contribution in [2.45, 2.75) is 450 Å². The second kappa shape index (κ2) is 74.8. The first-order valence-corrected chi connectivity index (χ1v) is 41.2. The van der Waals surface area contributed by atoms with Crippen LogP contribution in [0.5, 0.6) is 0 Å². The monoisotopic (exact) mass is 1260 g/mol. The van der Waals surface area contributed by atoms with Gasteiger partial charge >= 0.3 is 19.8 Å². The van der Waals surface area contributed by atoms with Crippen LogP contribution in [0.4, 0.5) is 0 Å². The fourth-order valence-corrected chi connectivity index (χ4v) is 13.3. The number of phosphoric acid groups is 1. The summed E-state index contributed by atoms with van der Waals surface area (Å²) in [5.41, 5.74) is 5.41. The van der Waals surface area contributed by atoms with E-state index in [9.17, 15) is 19.0 Å². The molecule has 0 aromatic rings. The zero-order valence-corrected chi connectivity index (χ0v) is 60.2. The number of nitrogens with two attached hydrogens (primary N) is 1. The number of hydrogen-bond donors (Lipinski definition) is 2. The van der Waals surface area contributed by atoms with E-state index in [0.29, 0.717) is 6.42 Å². The minimum atomic E-state index is -4.39. The number of carbonyl (C=O) groups excluding carboxylic acids is 2. The Morgan fingerprint density at radius 2 is 0.557 bits per heavy atom. The standard InChI is InChI=1S/C78H154NO8P/c1-3-5-7-9-11-13-15-17-19-21-23-25-27-29-31-33-35-36-37-38-39-41-42-44-46-48-50-52-54-56-58-60-62-64-66-68-70-77(80)84-74-76(75-86-88(82,83)85-73-72-79)87-78(81)71-69-67-65-63-61-59-57-55-53-51-49-47-45-43-40-34-32-30-28-26-24-22-20-18-16-14-12-10-8-6-4-2/h22,24,76H,3-21,23,25-75,79H2,1-2H3,(H,82,83)/b24-22-. The van der Waals surface area contributed by atoms with Crippen LogP contribution in [0.3, 0.4) is 0 Å². The highest BCUT2D eigenvalue weighted by molar-refractivity contribution is 7.47. The third kappa shape index (κ3) is 73.8. The smallest absolute Gasteiger partial charge is 0.462 e. The van der Waals surface area contributed by atoms with Crippen LogP contribution in [0.25, 0.3) is 0 Å². The van der Waals surface area contributed by atoms with Crippen LogP contribution in [0, 0.1) is 0 Å². The molecule has 0 aromatic carbocycles. The predicted molar refractivity (Wildman–Crippen MR) is 381 cm³/mol. The van der Waals surface area contributed by atoms with Crippen LogP contribution in [-0.4, -0.2) is 49.3 Å². The Kier molecular flexibility index (Phi) is 73.7. The number of allylic oxidation sites excluding steroid dienone is 2. The molecule has 0 rings (SSSR count). The molecule has 0 saturated carbocycles. The topological polar surface area (TPSA) is 134 Å². The highest BCUT2D eigenvalue weighted by Gasteiger charge is 2.26. The SMILES string of the molecule is CCCCCCCCCC/C=C\CCCCCCCCCCCCCCCCCCCCCC(=O)OC(COC(=O)CCCCCCCCCCCCCCCCCCCCCCCCCCCCCCCCCCCCCC)COP(=O)(O)OCCN. The summed E-state index contributed by atoms with van der Waals surface area (Å²) in [6.45, 7) is 3.85. The summed E-state index contributed by atoms with van der Waals surface area (Å²) >= 11 is 0. The fourth-order valence-electron chi connectivity index (χ4n) is 12.5. The Morgan fingerprint density at radius 3 is 0.807 bits per heavy atom. The molecule has 0 amide bonds. The molecule has 524 valence electrons. The number of carbonyl (C=O) groups is 2. The van der Waals surface area contributed by atoms with Crippen LogP contribution in [-0.2, 0) is 32.7 Å². The van der Waals surface area contributed by atoms with E-state index in [4.69, 9.17) is 24.3 Å². The first-order chi connectivity index (χ1) is 43.3. The molecule has 0 saturated heterocycles. The summed E-state index contributed by atoms with van der Waals surface area (Å²) in [6.07, 6.45) is 92.2. The maximum Gasteiger partial charge on any atom is 0.472 e. The van der Waals surface area contributed by atoms with Gasteiger partial charge in [0, 0.05) is 19.4 Å². The van der Waals surface area contributed by atoms with Crippen molar-refractivity contribution in [2.75, 3.05) is 26.4 Å². The maximum atomic E-state index is 12.8. The van der Waals surface area contributed by atoms with Crippen molar-refractivity contribution in [3.8, 4) is 0 Å². The van der Waals surface area contributed by atoms with Gasteiger partial charge in [-0.3, -0.25) is 18.6 Å². The van der Waals surface area contributed by atoms with Crippen molar-refractivity contribution in [3.63, 3.8) is 0 Å². The molecule has 2 atom stereocenters. The molecule has 0 bridgehead atoms. The number of hydrogen-bond acceptors (Lipinski definition) is 8. The minimum Gasteiger partial charge on any atom is -0.462 e. The molecule has 0 fully saturated rings. The highest BCUT2D eigenvalue weighted by Crippen LogP contribution is 2.43.